The van der Waals surface area contributed by atoms with Crippen molar-refractivity contribution in [2.24, 2.45) is 0 Å². The number of hydrogen-bond donors (Lipinski definition) is 0. The largest absolute Gasteiger partial charge is 0.206 e. The van der Waals surface area contributed by atoms with E-state index in [0.717, 1.165) is 11.8 Å². The van der Waals surface area contributed by atoms with Gasteiger partial charge in [-0.25, -0.2) is 8.78 Å². The summed E-state index contributed by atoms with van der Waals surface area (Å²) in [5.74, 6) is -0.959. The van der Waals surface area contributed by atoms with Crippen molar-refractivity contribution in [2.45, 2.75) is 20.3 Å². The first-order valence-electron chi connectivity index (χ1n) is 4.75. The van der Waals surface area contributed by atoms with Gasteiger partial charge in [-0.2, -0.15) is 0 Å². The molecule has 0 fully saturated rings. The molecule has 0 saturated heterocycles. The van der Waals surface area contributed by atoms with E-state index in [-0.39, 0.29) is 5.56 Å². The third-order valence-electron chi connectivity index (χ3n) is 2.24. The molecule has 0 saturated carbocycles. The van der Waals surface area contributed by atoms with E-state index in [1.165, 1.54) is 12.1 Å². The molecule has 0 aliphatic heterocycles. The van der Waals surface area contributed by atoms with Gasteiger partial charge in [0.2, 0.25) is 0 Å². The molecule has 3 heteroatoms. The number of alkyl halides is 1. The molecule has 0 spiro atoms. The highest BCUT2D eigenvalue weighted by molar-refractivity contribution is 9.09. The Morgan fingerprint density at radius 2 is 2.07 bits per heavy atom. The summed E-state index contributed by atoms with van der Waals surface area (Å²) in [7, 11) is 0. The van der Waals surface area contributed by atoms with Gasteiger partial charge in [0.05, 0.1) is 0 Å². The summed E-state index contributed by atoms with van der Waals surface area (Å²) in [5, 5.41) is 0.791. The smallest absolute Gasteiger partial charge is 0.136 e. The molecule has 0 amide bonds. The van der Waals surface area contributed by atoms with Crippen molar-refractivity contribution >= 4 is 21.5 Å². The summed E-state index contributed by atoms with van der Waals surface area (Å²) in [6, 6.07) is 2.76. The van der Waals surface area contributed by atoms with Gasteiger partial charge in [-0.05, 0) is 37.5 Å². The van der Waals surface area contributed by atoms with E-state index < -0.39 is 11.6 Å². The second kappa shape index (κ2) is 5.40. The Morgan fingerprint density at radius 3 is 2.67 bits per heavy atom. The maximum Gasteiger partial charge on any atom is 0.136 e. The van der Waals surface area contributed by atoms with E-state index in [1.54, 1.807) is 13.8 Å². The third-order valence-corrected chi connectivity index (χ3v) is 2.70. The average molecular weight is 275 g/mol. The summed E-state index contributed by atoms with van der Waals surface area (Å²) in [5.41, 5.74) is 1.21. The molecule has 15 heavy (non-hydrogen) atoms. The van der Waals surface area contributed by atoms with Crippen LogP contribution in [-0.2, 0) is 0 Å². The molecular weight excluding hydrogens is 262 g/mol. The highest BCUT2D eigenvalue weighted by atomic mass is 79.9. The maximum atomic E-state index is 13.6. The molecule has 0 aliphatic carbocycles. The lowest BCUT2D eigenvalue weighted by Crippen LogP contribution is -1.96. The van der Waals surface area contributed by atoms with Crippen molar-refractivity contribution in [1.82, 2.24) is 0 Å². The van der Waals surface area contributed by atoms with Crippen LogP contribution in [0.25, 0.3) is 5.57 Å². The topological polar surface area (TPSA) is 0 Å². The summed E-state index contributed by atoms with van der Waals surface area (Å²) in [6.45, 7) is 3.36. The molecule has 0 atom stereocenters. The summed E-state index contributed by atoms with van der Waals surface area (Å²) in [6.07, 6.45) is 2.59. The van der Waals surface area contributed by atoms with E-state index in [1.807, 2.05) is 6.08 Å². The fourth-order valence-corrected chi connectivity index (χ4v) is 1.62. The second-order valence-corrected chi connectivity index (χ2v) is 4.21. The van der Waals surface area contributed by atoms with Crippen LogP contribution in [-0.4, -0.2) is 5.33 Å². The molecule has 82 valence electrons. The van der Waals surface area contributed by atoms with Crippen LogP contribution in [0.3, 0.4) is 0 Å². The van der Waals surface area contributed by atoms with Crippen molar-refractivity contribution in [2.75, 3.05) is 5.33 Å². The molecule has 0 nitrogen and oxygen atoms in total. The van der Waals surface area contributed by atoms with Gasteiger partial charge in [-0.3, -0.25) is 0 Å². The Kier molecular flexibility index (Phi) is 4.45. The zero-order chi connectivity index (χ0) is 11.4. The first-order chi connectivity index (χ1) is 7.07. The van der Waals surface area contributed by atoms with Gasteiger partial charge in [0.1, 0.15) is 11.6 Å². The SMILES string of the molecule is C/C(=C/CCBr)c1c(F)ccc(C)c1F. The highest BCUT2D eigenvalue weighted by Gasteiger charge is 2.12. The predicted octanol–water partition coefficient (Wildman–Crippen LogP) is 4.46. The zero-order valence-corrected chi connectivity index (χ0v) is 10.4. The number of aryl methyl sites for hydroxylation is 1. The van der Waals surface area contributed by atoms with Gasteiger partial charge < -0.3 is 0 Å². The Bertz CT molecular complexity index is 383. The van der Waals surface area contributed by atoms with Crippen molar-refractivity contribution in [3.8, 4) is 0 Å². The minimum absolute atomic E-state index is 0.0935. The second-order valence-electron chi connectivity index (χ2n) is 3.42. The van der Waals surface area contributed by atoms with Crippen LogP contribution in [0.1, 0.15) is 24.5 Å². The summed E-state index contributed by atoms with van der Waals surface area (Å²) in [4.78, 5) is 0. The van der Waals surface area contributed by atoms with E-state index in [4.69, 9.17) is 0 Å². The van der Waals surface area contributed by atoms with Crippen LogP contribution < -0.4 is 0 Å². The number of hydrogen-bond acceptors (Lipinski definition) is 0. The lowest BCUT2D eigenvalue weighted by atomic mass is 10.0. The minimum Gasteiger partial charge on any atom is -0.206 e. The van der Waals surface area contributed by atoms with Crippen LogP contribution in [0.5, 0.6) is 0 Å². The lowest BCUT2D eigenvalue weighted by molar-refractivity contribution is 0.571. The Balaban J connectivity index is 3.18. The Labute approximate surface area is 97.1 Å². The maximum absolute atomic E-state index is 13.6. The van der Waals surface area contributed by atoms with Gasteiger partial charge in [-0.15, -0.1) is 0 Å². The van der Waals surface area contributed by atoms with E-state index in [9.17, 15) is 8.78 Å². The third kappa shape index (κ3) is 2.88. The lowest BCUT2D eigenvalue weighted by Gasteiger charge is -2.07. The standard InChI is InChI=1S/C12H13BrF2/c1-8(4-3-7-13)11-10(14)6-5-9(2)12(11)15/h4-6H,3,7H2,1-2H3/b8-4-. The molecular formula is C12H13BrF2. The fourth-order valence-electron chi connectivity index (χ4n) is 1.39. The zero-order valence-electron chi connectivity index (χ0n) is 8.78. The van der Waals surface area contributed by atoms with Crippen molar-refractivity contribution < 1.29 is 8.78 Å². The molecule has 1 aromatic carbocycles. The first kappa shape index (κ1) is 12.4. The van der Waals surface area contributed by atoms with Crippen LogP contribution in [0, 0.1) is 18.6 Å². The minimum atomic E-state index is -0.499. The molecule has 0 unspecified atom stereocenters. The van der Waals surface area contributed by atoms with Crippen LogP contribution in [0.15, 0.2) is 18.2 Å². The molecule has 0 bridgehead atoms. The molecule has 0 N–H and O–H groups in total. The van der Waals surface area contributed by atoms with Gasteiger partial charge in [-0.1, -0.05) is 28.1 Å². The fraction of sp³-hybridized carbons (Fsp3) is 0.333. The van der Waals surface area contributed by atoms with Gasteiger partial charge in [0, 0.05) is 10.9 Å². The number of benzene rings is 1. The van der Waals surface area contributed by atoms with E-state index in [0.29, 0.717) is 11.1 Å². The Hall–Kier alpha value is -0.700. The van der Waals surface area contributed by atoms with Crippen molar-refractivity contribution in [3.63, 3.8) is 0 Å². The molecule has 0 aromatic heterocycles. The molecule has 0 aliphatic rings. The number of halogens is 3. The predicted molar refractivity (Wildman–Crippen MR) is 63.2 cm³/mol. The monoisotopic (exact) mass is 274 g/mol. The van der Waals surface area contributed by atoms with Gasteiger partial charge in [0.25, 0.3) is 0 Å². The van der Waals surface area contributed by atoms with Gasteiger partial charge >= 0.3 is 0 Å². The molecule has 0 heterocycles. The number of rotatable bonds is 3. The van der Waals surface area contributed by atoms with E-state index >= 15 is 0 Å². The van der Waals surface area contributed by atoms with Gasteiger partial charge in [0.15, 0.2) is 0 Å². The Morgan fingerprint density at radius 1 is 1.40 bits per heavy atom. The molecule has 1 aromatic rings. The van der Waals surface area contributed by atoms with Crippen LogP contribution in [0.4, 0.5) is 8.78 Å². The van der Waals surface area contributed by atoms with Crippen LogP contribution >= 0.6 is 15.9 Å². The summed E-state index contributed by atoms with van der Waals surface area (Å²) < 4.78 is 27.1. The number of allylic oxidation sites excluding steroid dienone is 2. The molecule has 1 rings (SSSR count). The van der Waals surface area contributed by atoms with E-state index in [2.05, 4.69) is 15.9 Å². The van der Waals surface area contributed by atoms with Crippen molar-refractivity contribution in [1.29, 1.82) is 0 Å². The van der Waals surface area contributed by atoms with Crippen LogP contribution in [0.2, 0.25) is 0 Å². The quantitative estimate of drug-likeness (QED) is 0.714. The molecule has 0 radical (unpaired) electrons. The normalized spacial score (nSPS) is 11.9. The van der Waals surface area contributed by atoms with Crippen molar-refractivity contribution in [3.05, 3.63) is 41.0 Å². The average Bonchev–Trinajstić information content (AvgIpc) is 2.21. The summed E-state index contributed by atoms with van der Waals surface area (Å²) >= 11 is 3.27. The first-order valence-corrected chi connectivity index (χ1v) is 5.87. The highest BCUT2D eigenvalue weighted by Crippen LogP contribution is 2.24.